The zero-order chi connectivity index (χ0) is 17.8. The van der Waals surface area contributed by atoms with Gasteiger partial charge in [0.25, 0.3) is 0 Å². The number of nitrogens with zero attached hydrogens (tertiary/aromatic N) is 3. The van der Waals surface area contributed by atoms with Gasteiger partial charge < -0.3 is 5.32 Å². The van der Waals surface area contributed by atoms with Crippen LogP contribution in [0.1, 0.15) is 5.82 Å². The monoisotopic (exact) mass is 420 g/mol. The second-order valence-electron chi connectivity index (χ2n) is 5.19. The molecule has 0 atom stereocenters. The maximum absolute atomic E-state index is 13.1. The van der Waals surface area contributed by atoms with Crippen LogP contribution in [-0.4, -0.2) is 26.4 Å². The minimum Gasteiger partial charge on any atom is -0.325 e. The molecule has 1 amide bonds. The highest BCUT2D eigenvalue weighted by molar-refractivity contribution is 9.10. The SMILES string of the molecule is Cc1nnc(SCC(=O)Nc2ccc(Br)cc2)n1-c1ccc(F)cc1. The molecule has 3 rings (SSSR count). The summed E-state index contributed by atoms with van der Waals surface area (Å²) in [7, 11) is 0. The van der Waals surface area contributed by atoms with Crippen LogP contribution in [0, 0.1) is 12.7 Å². The van der Waals surface area contributed by atoms with Gasteiger partial charge in [0.1, 0.15) is 11.6 Å². The van der Waals surface area contributed by atoms with E-state index >= 15 is 0 Å². The number of aromatic nitrogens is 3. The second kappa shape index (κ2) is 7.79. The molecule has 0 aliphatic rings. The summed E-state index contributed by atoms with van der Waals surface area (Å²) in [5.41, 5.74) is 1.48. The van der Waals surface area contributed by atoms with E-state index in [1.165, 1.54) is 23.9 Å². The third-order valence-corrected chi connectivity index (χ3v) is 4.80. The summed E-state index contributed by atoms with van der Waals surface area (Å²) in [6.07, 6.45) is 0. The Kier molecular flexibility index (Phi) is 5.50. The van der Waals surface area contributed by atoms with Gasteiger partial charge in [-0.1, -0.05) is 27.7 Å². The molecule has 5 nitrogen and oxygen atoms in total. The average molecular weight is 421 g/mol. The van der Waals surface area contributed by atoms with Crippen LogP contribution in [0.5, 0.6) is 0 Å². The van der Waals surface area contributed by atoms with E-state index < -0.39 is 0 Å². The van der Waals surface area contributed by atoms with Crippen LogP contribution in [0.25, 0.3) is 5.69 Å². The third-order valence-electron chi connectivity index (χ3n) is 3.34. The van der Waals surface area contributed by atoms with Crippen molar-refractivity contribution in [2.24, 2.45) is 0 Å². The van der Waals surface area contributed by atoms with Crippen molar-refractivity contribution in [1.82, 2.24) is 14.8 Å². The van der Waals surface area contributed by atoms with Crippen molar-refractivity contribution in [3.05, 3.63) is 64.6 Å². The molecule has 1 N–H and O–H groups in total. The van der Waals surface area contributed by atoms with Crippen LogP contribution in [0.15, 0.2) is 58.2 Å². The highest BCUT2D eigenvalue weighted by atomic mass is 79.9. The molecular weight excluding hydrogens is 407 g/mol. The molecule has 128 valence electrons. The van der Waals surface area contributed by atoms with E-state index in [2.05, 4.69) is 31.4 Å². The Balaban J connectivity index is 1.68. The predicted molar refractivity (Wildman–Crippen MR) is 99.5 cm³/mol. The van der Waals surface area contributed by atoms with Gasteiger partial charge in [0.05, 0.1) is 5.75 Å². The van der Waals surface area contributed by atoms with Crippen LogP contribution in [-0.2, 0) is 4.79 Å². The van der Waals surface area contributed by atoms with E-state index in [4.69, 9.17) is 0 Å². The molecule has 0 fully saturated rings. The third kappa shape index (κ3) is 4.46. The van der Waals surface area contributed by atoms with Gasteiger partial charge in [0.15, 0.2) is 5.16 Å². The predicted octanol–water partition coefficient (Wildman–Crippen LogP) is 4.21. The molecule has 0 saturated heterocycles. The maximum atomic E-state index is 13.1. The van der Waals surface area contributed by atoms with Gasteiger partial charge in [-0.3, -0.25) is 9.36 Å². The number of carbonyl (C=O) groups excluding carboxylic acids is 1. The van der Waals surface area contributed by atoms with Crippen LogP contribution in [0.3, 0.4) is 0 Å². The Labute approximate surface area is 156 Å². The number of thioether (sulfide) groups is 1. The number of benzene rings is 2. The number of nitrogens with one attached hydrogen (secondary N) is 1. The molecule has 0 bridgehead atoms. The fraction of sp³-hybridized carbons (Fsp3) is 0.118. The van der Waals surface area contributed by atoms with Crippen molar-refractivity contribution >= 4 is 39.3 Å². The number of anilines is 1. The fourth-order valence-corrected chi connectivity index (χ4v) is 3.25. The molecule has 1 heterocycles. The molecule has 0 aliphatic heterocycles. The average Bonchev–Trinajstić information content (AvgIpc) is 2.97. The number of carbonyl (C=O) groups is 1. The molecular formula is C17H14BrFN4OS. The van der Waals surface area contributed by atoms with Crippen molar-refractivity contribution < 1.29 is 9.18 Å². The first-order valence-corrected chi connectivity index (χ1v) is 9.17. The van der Waals surface area contributed by atoms with Crippen LogP contribution in [0.4, 0.5) is 10.1 Å². The minimum absolute atomic E-state index is 0.140. The largest absolute Gasteiger partial charge is 0.325 e. The molecule has 8 heteroatoms. The van der Waals surface area contributed by atoms with Crippen LogP contribution < -0.4 is 5.32 Å². The smallest absolute Gasteiger partial charge is 0.234 e. The van der Waals surface area contributed by atoms with E-state index in [1.807, 2.05) is 31.2 Å². The zero-order valence-corrected chi connectivity index (χ0v) is 15.6. The van der Waals surface area contributed by atoms with Gasteiger partial charge in [-0.15, -0.1) is 10.2 Å². The Bertz CT molecular complexity index is 881. The normalized spacial score (nSPS) is 10.7. The number of hydrogen-bond donors (Lipinski definition) is 1. The Morgan fingerprint density at radius 2 is 1.84 bits per heavy atom. The number of aryl methyl sites for hydroxylation is 1. The lowest BCUT2D eigenvalue weighted by molar-refractivity contribution is -0.113. The summed E-state index contributed by atoms with van der Waals surface area (Å²) in [5.74, 6) is 0.411. The van der Waals surface area contributed by atoms with Gasteiger partial charge in [0.2, 0.25) is 5.91 Å². The number of amides is 1. The molecule has 0 radical (unpaired) electrons. The fourth-order valence-electron chi connectivity index (χ4n) is 2.18. The summed E-state index contributed by atoms with van der Waals surface area (Å²) in [4.78, 5) is 12.1. The summed E-state index contributed by atoms with van der Waals surface area (Å²) >= 11 is 4.62. The van der Waals surface area contributed by atoms with Gasteiger partial charge in [-0.05, 0) is 55.5 Å². The highest BCUT2D eigenvalue weighted by Crippen LogP contribution is 2.22. The highest BCUT2D eigenvalue weighted by Gasteiger charge is 2.13. The number of halogens is 2. The van der Waals surface area contributed by atoms with Gasteiger partial charge in [-0.25, -0.2) is 4.39 Å². The topological polar surface area (TPSA) is 59.8 Å². The Morgan fingerprint density at radius 1 is 1.16 bits per heavy atom. The molecule has 25 heavy (non-hydrogen) atoms. The van der Waals surface area contributed by atoms with E-state index in [0.29, 0.717) is 11.0 Å². The number of hydrogen-bond acceptors (Lipinski definition) is 4. The molecule has 0 saturated carbocycles. The molecule has 2 aromatic carbocycles. The molecule has 0 spiro atoms. The van der Waals surface area contributed by atoms with E-state index in [1.54, 1.807) is 16.7 Å². The van der Waals surface area contributed by atoms with Gasteiger partial charge >= 0.3 is 0 Å². The van der Waals surface area contributed by atoms with Gasteiger partial charge in [0, 0.05) is 15.8 Å². The first-order valence-electron chi connectivity index (χ1n) is 7.39. The van der Waals surface area contributed by atoms with Crippen molar-refractivity contribution in [2.45, 2.75) is 12.1 Å². The summed E-state index contributed by atoms with van der Waals surface area (Å²) in [6, 6.07) is 13.4. The van der Waals surface area contributed by atoms with Crippen LogP contribution in [0.2, 0.25) is 0 Å². The van der Waals surface area contributed by atoms with Crippen molar-refractivity contribution in [3.63, 3.8) is 0 Å². The second-order valence-corrected chi connectivity index (χ2v) is 7.04. The summed E-state index contributed by atoms with van der Waals surface area (Å²) in [6.45, 7) is 1.81. The summed E-state index contributed by atoms with van der Waals surface area (Å²) < 4.78 is 15.8. The van der Waals surface area contributed by atoms with Crippen molar-refractivity contribution in [3.8, 4) is 5.69 Å². The quantitative estimate of drug-likeness (QED) is 0.628. The van der Waals surface area contributed by atoms with Crippen LogP contribution >= 0.6 is 27.7 Å². The van der Waals surface area contributed by atoms with Crippen molar-refractivity contribution in [2.75, 3.05) is 11.1 Å². The Morgan fingerprint density at radius 3 is 2.52 bits per heavy atom. The lowest BCUT2D eigenvalue weighted by Crippen LogP contribution is -2.14. The minimum atomic E-state index is -0.308. The van der Waals surface area contributed by atoms with Crippen molar-refractivity contribution in [1.29, 1.82) is 0 Å². The molecule has 1 aromatic heterocycles. The molecule has 0 unspecified atom stereocenters. The molecule has 0 aliphatic carbocycles. The van der Waals surface area contributed by atoms with E-state index in [-0.39, 0.29) is 17.5 Å². The maximum Gasteiger partial charge on any atom is 0.234 e. The first-order chi connectivity index (χ1) is 12.0. The van der Waals surface area contributed by atoms with Gasteiger partial charge in [-0.2, -0.15) is 0 Å². The molecule has 3 aromatic rings. The summed E-state index contributed by atoms with van der Waals surface area (Å²) in [5, 5.41) is 11.6. The van der Waals surface area contributed by atoms with E-state index in [0.717, 1.165) is 15.8 Å². The zero-order valence-electron chi connectivity index (χ0n) is 13.2. The lowest BCUT2D eigenvalue weighted by atomic mass is 10.3. The lowest BCUT2D eigenvalue weighted by Gasteiger charge is -2.08. The van der Waals surface area contributed by atoms with E-state index in [9.17, 15) is 9.18 Å². The Hall–Kier alpha value is -2.19. The standard InChI is InChI=1S/C17H14BrFN4OS/c1-11-21-22-17(23(11)15-8-4-13(19)5-9-15)25-10-16(24)20-14-6-2-12(18)3-7-14/h2-9H,10H2,1H3,(H,20,24). The first kappa shape index (κ1) is 17.6. The number of rotatable bonds is 5.